The number of aliphatic carboxylic acids is 1. The van der Waals surface area contributed by atoms with Crippen molar-refractivity contribution in [3.05, 3.63) is 11.6 Å². The number of nitrogens with one attached hydrogen (secondary N) is 1. The first-order chi connectivity index (χ1) is 16.6. The van der Waals surface area contributed by atoms with Crippen LogP contribution < -0.4 is 11.2 Å². The van der Waals surface area contributed by atoms with Gasteiger partial charge in [-0.3, -0.25) is 14.4 Å². The van der Waals surface area contributed by atoms with Gasteiger partial charge >= 0.3 is 11.9 Å². The lowest BCUT2D eigenvalue weighted by Gasteiger charge is -2.61. The van der Waals surface area contributed by atoms with Crippen LogP contribution >= 0.6 is 0 Å². The second-order valence-corrected chi connectivity index (χ2v) is 12.3. The zero-order chi connectivity index (χ0) is 25.0. The third kappa shape index (κ3) is 4.31. The number of nitrogens with two attached hydrogens (primary N) is 1. The average Bonchev–Trinajstić information content (AvgIpc) is 3.39. The molecule has 0 aromatic rings. The Morgan fingerprint density at radius 1 is 1.14 bits per heavy atom. The molecule has 194 valence electrons. The summed E-state index contributed by atoms with van der Waals surface area (Å²) in [5.74, 6) is 1.39. The van der Waals surface area contributed by atoms with Gasteiger partial charge in [0.15, 0.2) is 0 Å². The number of hydrogen-bond acceptors (Lipinski definition) is 6. The van der Waals surface area contributed by atoms with Crippen LogP contribution in [0.4, 0.5) is 0 Å². The van der Waals surface area contributed by atoms with Crippen molar-refractivity contribution >= 4 is 17.8 Å². The first-order valence-corrected chi connectivity index (χ1v) is 13.4. The number of carbonyl (C=O) groups is 3. The number of cyclic esters (lactones) is 1. The molecule has 0 aromatic carbocycles. The molecule has 0 saturated heterocycles. The van der Waals surface area contributed by atoms with Crippen LogP contribution in [0.2, 0.25) is 0 Å². The van der Waals surface area contributed by atoms with E-state index in [1.165, 1.54) is 44.1 Å². The van der Waals surface area contributed by atoms with Gasteiger partial charge in [-0.15, -0.1) is 0 Å². The van der Waals surface area contributed by atoms with Gasteiger partial charge in [0.1, 0.15) is 12.6 Å². The van der Waals surface area contributed by atoms with Crippen molar-refractivity contribution in [1.82, 2.24) is 5.48 Å². The van der Waals surface area contributed by atoms with Gasteiger partial charge in [0.05, 0.1) is 12.5 Å². The molecule has 0 unspecified atom stereocenters. The highest BCUT2D eigenvalue weighted by molar-refractivity contribution is 5.85. The molecule has 9 atom stereocenters. The summed E-state index contributed by atoms with van der Waals surface area (Å²) in [6, 6.07) is -1.21. The van der Waals surface area contributed by atoms with Crippen LogP contribution in [0.25, 0.3) is 0 Å². The summed E-state index contributed by atoms with van der Waals surface area (Å²) in [6.45, 7) is 5.46. The normalized spacial score (nSPS) is 43.3. The predicted octanol–water partition coefficient (Wildman–Crippen LogP) is 3.35. The molecule has 4 aliphatic carbocycles. The largest absolute Gasteiger partial charge is 0.480 e. The van der Waals surface area contributed by atoms with E-state index < -0.39 is 17.9 Å². The van der Waals surface area contributed by atoms with Crippen LogP contribution in [0.5, 0.6) is 0 Å². The summed E-state index contributed by atoms with van der Waals surface area (Å²) < 4.78 is 5.27. The topological polar surface area (TPSA) is 128 Å². The van der Waals surface area contributed by atoms with Gasteiger partial charge in [-0.1, -0.05) is 13.8 Å². The number of fused-ring (bicyclic) bond motifs is 5. The lowest BCUT2D eigenvalue weighted by molar-refractivity contribution is -0.159. The van der Waals surface area contributed by atoms with Crippen molar-refractivity contribution in [2.75, 3.05) is 6.61 Å². The van der Waals surface area contributed by atoms with Crippen molar-refractivity contribution in [2.45, 2.75) is 90.2 Å². The highest BCUT2D eigenvalue weighted by atomic mass is 16.7. The number of carboxylic acids is 1. The molecule has 35 heavy (non-hydrogen) atoms. The number of hydroxylamine groups is 1. The summed E-state index contributed by atoms with van der Waals surface area (Å²) in [4.78, 5) is 40.3. The zero-order valence-corrected chi connectivity index (χ0v) is 21.0. The first-order valence-electron chi connectivity index (χ1n) is 13.4. The maximum atomic E-state index is 12.0. The Kier molecular flexibility index (Phi) is 6.49. The molecule has 1 aliphatic heterocycles. The van der Waals surface area contributed by atoms with Crippen LogP contribution in [0.3, 0.4) is 0 Å². The lowest BCUT2D eigenvalue weighted by Crippen LogP contribution is -2.54. The van der Waals surface area contributed by atoms with Gasteiger partial charge in [-0.05, 0) is 104 Å². The van der Waals surface area contributed by atoms with Crippen LogP contribution in [0.1, 0.15) is 78.1 Å². The summed E-state index contributed by atoms with van der Waals surface area (Å²) in [5.41, 5.74) is 9.69. The van der Waals surface area contributed by atoms with E-state index in [0.717, 1.165) is 31.1 Å². The molecule has 8 heteroatoms. The Morgan fingerprint density at radius 2 is 1.89 bits per heavy atom. The van der Waals surface area contributed by atoms with E-state index in [1.807, 2.05) is 0 Å². The predicted molar refractivity (Wildman–Crippen MR) is 128 cm³/mol. The van der Waals surface area contributed by atoms with E-state index in [2.05, 4.69) is 19.3 Å². The van der Waals surface area contributed by atoms with E-state index in [4.69, 9.17) is 20.4 Å². The van der Waals surface area contributed by atoms with E-state index in [-0.39, 0.29) is 23.9 Å². The van der Waals surface area contributed by atoms with Gasteiger partial charge < -0.3 is 15.6 Å². The van der Waals surface area contributed by atoms with Crippen molar-refractivity contribution in [3.63, 3.8) is 0 Å². The Balaban J connectivity index is 1.21. The number of amides is 1. The SMILES string of the molecule is C[C@]12CC[C@H](ONC(=O)C[C@H](N)C(=O)O)C[C@H]1CC[C@@H]1[C@@H]2CC[C@]2(C)[C@@H](C3=CC(=O)OC3)CC[C@@H]12. The summed E-state index contributed by atoms with van der Waals surface area (Å²) >= 11 is 0. The van der Waals surface area contributed by atoms with E-state index in [9.17, 15) is 14.4 Å². The number of ether oxygens (including phenoxy) is 1. The molecule has 5 rings (SSSR count). The fourth-order valence-electron chi connectivity index (χ4n) is 9.00. The Bertz CT molecular complexity index is 919. The molecule has 1 amide bonds. The van der Waals surface area contributed by atoms with Crippen LogP contribution in [-0.4, -0.2) is 41.7 Å². The second-order valence-electron chi connectivity index (χ2n) is 12.3. The third-order valence-corrected chi connectivity index (χ3v) is 10.8. The lowest BCUT2D eigenvalue weighted by atomic mass is 9.44. The molecule has 4 N–H and O–H groups in total. The Hall–Kier alpha value is -1.93. The van der Waals surface area contributed by atoms with Crippen molar-refractivity contribution < 1.29 is 29.1 Å². The molecule has 8 nitrogen and oxygen atoms in total. The van der Waals surface area contributed by atoms with Crippen molar-refractivity contribution in [1.29, 1.82) is 0 Å². The summed E-state index contributed by atoms with van der Waals surface area (Å²) in [6.07, 6.45) is 11.7. The number of carboxylic acid groups (broad SMARTS) is 1. The molecule has 0 radical (unpaired) electrons. The van der Waals surface area contributed by atoms with Crippen molar-refractivity contribution in [3.8, 4) is 0 Å². The number of rotatable bonds is 6. The minimum Gasteiger partial charge on any atom is -0.480 e. The molecule has 4 saturated carbocycles. The maximum absolute atomic E-state index is 12.0. The maximum Gasteiger partial charge on any atom is 0.331 e. The molecule has 5 aliphatic rings. The van der Waals surface area contributed by atoms with E-state index in [1.54, 1.807) is 6.08 Å². The van der Waals surface area contributed by atoms with E-state index in [0.29, 0.717) is 29.8 Å². The highest BCUT2D eigenvalue weighted by Gasteiger charge is 2.60. The molecular weight excluding hydrogens is 448 g/mol. The second kappa shape index (κ2) is 9.18. The molecular formula is C27H40N2O6. The van der Waals surface area contributed by atoms with Gasteiger partial charge in [0.25, 0.3) is 0 Å². The monoisotopic (exact) mass is 488 g/mol. The van der Waals surface area contributed by atoms with Gasteiger partial charge in [-0.2, -0.15) is 0 Å². The van der Waals surface area contributed by atoms with Crippen LogP contribution in [0.15, 0.2) is 11.6 Å². The fraction of sp³-hybridized carbons (Fsp3) is 0.815. The minimum absolute atomic E-state index is 0.0359. The Morgan fingerprint density at radius 3 is 2.60 bits per heavy atom. The third-order valence-electron chi connectivity index (χ3n) is 10.8. The Labute approximate surface area is 207 Å². The van der Waals surface area contributed by atoms with E-state index >= 15 is 0 Å². The minimum atomic E-state index is -1.21. The zero-order valence-electron chi connectivity index (χ0n) is 21.0. The smallest absolute Gasteiger partial charge is 0.331 e. The molecule has 0 spiro atoms. The van der Waals surface area contributed by atoms with Crippen LogP contribution in [-0.2, 0) is 24.0 Å². The standard InChI is InChI=1S/C27H40N2O6/c1-26-9-7-17(35-29-23(30)13-22(28)25(32)33)12-16(26)3-4-18-20-6-5-19(15-11-24(31)34-14-15)27(20,2)10-8-21(18)26/h11,16-22H,3-10,12-14,28H2,1-2H3,(H,29,30)(H,32,33)/t16-,17+,18+,19-,20+,21+,22+,26+,27-/m1/s1. The van der Waals surface area contributed by atoms with Gasteiger partial charge in [0.2, 0.25) is 5.91 Å². The molecule has 1 heterocycles. The van der Waals surface area contributed by atoms with Crippen molar-refractivity contribution in [2.24, 2.45) is 46.2 Å². The quantitative estimate of drug-likeness (QED) is 0.386. The molecule has 4 fully saturated rings. The fourth-order valence-corrected chi connectivity index (χ4v) is 9.00. The molecule has 0 bridgehead atoms. The van der Waals surface area contributed by atoms with Gasteiger partial charge in [0, 0.05) is 6.08 Å². The molecule has 0 aromatic heterocycles. The number of esters is 1. The number of carbonyl (C=O) groups excluding carboxylic acids is 2. The highest BCUT2D eigenvalue weighted by Crippen LogP contribution is 2.68. The summed E-state index contributed by atoms with van der Waals surface area (Å²) in [7, 11) is 0. The summed E-state index contributed by atoms with van der Waals surface area (Å²) in [5, 5.41) is 8.89. The first kappa shape index (κ1) is 24.8. The van der Waals surface area contributed by atoms with Crippen LogP contribution in [0, 0.1) is 40.4 Å². The van der Waals surface area contributed by atoms with Gasteiger partial charge in [-0.25, -0.2) is 10.3 Å². The number of hydrogen-bond donors (Lipinski definition) is 3. The average molecular weight is 489 g/mol.